The van der Waals surface area contributed by atoms with E-state index in [2.05, 4.69) is 15.8 Å². The van der Waals surface area contributed by atoms with Crippen LogP contribution in [0.15, 0.2) is 36.5 Å². The molecule has 1 N–H and O–H groups in total. The smallest absolute Gasteiger partial charge is 0.123 e. The maximum atomic E-state index is 5.28. The second-order valence-electron chi connectivity index (χ2n) is 3.39. The van der Waals surface area contributed by atoms with Crippen molar-refractivity contribution < 1.29 is 4.74 Å². The van der Waals surface area contributed by atoms with Gasteiger partial charge in [0.05, 0.1) is 7.11 Å². The van der Waals surface area contributed by atoms with Gasteiger partial charge in [0.25, 0.3) is 0 Å². The lowest BCUT2D eigenvalue weighted by molar-refractivity contribution is 0.407. The number of hydrogen-bond acceptors (Lipinski definition) is 4. The van der Waals surface area contributed by atoms with Crippen LogP contribution in [0.2, 0.25) is 0 Å². The maximum Gasteiger partial charge on any atom is 0.123 e. The highest BCUT2D eigenvalue weighted by molar-refractivity contribution is 7.05. The minimum atomic E-state index is 0.807. The van der Waals surface area contributed by atoms with Crippen LogP contribution in [0.4, 0.5) is 0 Å². The number of nitrogens with one attached hydrogen (secondary N) is 1. The lowest BCUT2D eigenvalue weighted by Crippen LogP contribution is -2.12. The number of methoxy groups -OCH3 is 1. The summed E-state index contributed by atoms with van der Waals surface area (Å²) in [5.41, 5.74) is 1.18. The molecule has 0 fully saturated rings. The minimum absolute atomic E-state index is 0.807. The Bertz CT molecular complexity index is 428. The van der Waals surface area contributed by atoms with E-state index in [-0.39, 0.29) is 0 Å². The average Bonchev–Trinajstić information content (AvgIpc) is 2.83. The molecule has 0 unspecified atom stereocenters. The number of nitrogens with zero attached hydrogens (tertiary/aromatic N) is 1. The van der Waals surface area contributed by atoms with E-state index in [0.29, 0.717) is 0 Å². The number of para-hydroxylation sites is 1. The van der Waals surface area contributed by atoms with Crippen LogP contribution in [-0.2, 0) is 13.1 Å². The fraction of sp³-hybridized carbons (Fsp3) is 0.250. The second kappa shape index (κ2) is 5.63. The molecule has 16 heavy (non-hydrogen) atoms. The molecule has 0 aliphatic rings. The van der Waals surface area contributed by atoms with Gasteiger partial charge in [-0.2, -0.15) is 0 Å². The van der Waals surface area contributed by atoms with Crippen LogP contribution in [0, 0.1) is 0 Å². The Kier molecular flexibility index (Phi) is 3.91. The standard InChI is InChI=1S/C12H14N2OS/c1-15-12-5-3-2-4-10(12)8-13-9-11-6-7-14-16-11/h2-7,13H,8-9H2,1H3. The molecular weight excluding hydrogens is 220 g/mol. The summed E-state index contributed by atoms with van der Waals surface area (Å²) in [6.07, 6.45) is 1.82. The molecule has 2 rings (SSSR count). The van der Waals surface area contributed by atoms with E-state index in [4.69, 9.17) is 4.74 Å². The van der Waals surface area contributed by atoms with E-state index in [9.17, 15) is 0 Å². The molecule has 4 heteroatoms. The summed E-state index contributed by atoms with van der Waals surface area (Å²) < 4.78 is 9.34. The summed E-state index contributed by atoms with van der Waals surface area (Å²) >= 11 is 1.52. The van der Waals surface area contributed by atoms with E-state index in [1.54, 1.807) is 7.11 Å². The van der Waals surface area contributed by atoms with Gasteiger partial charge in [0, 0.05) is 29.7 Å². The van der Waals surface area contributed by atoms with Crippen molar-refractivity contribution in [3.63, 3.8) is 0 Å². The summed E-state index contributed by atoms with van der Waals surface area (Å²) in [4.78, 5) is 1.25. The fourth-order valence-electron chi connectivity index (χ4n) is 1.50. The van der Waals surface area contributed by atoms with Crippen LogP contribution in [-0.4, -0.2) is 11.5 Å². The van der Waals surface area contributed by atoms with Crippen LogP contribution in [0.1, 0.15) is 10.4 Å². The van der Waals surface area contributed by atoms with Crippen LogP contribution in [0.5, 0.6) is 5.75 Å². The summed E-state index contributed by atoms with van der Waals surface area (Å²) in [6.45, 7) is 1.66. The van der Waals surface area contributed by atoms with E-state index in [0.717, 1.165) is 18.8 Å². The zero-order valence-corrected chi connectivity index (χ0v) is 9.96. The van der Waals surface area contributed by atoms with Crippen molar-refractivity contribution >= 4 is 11.5 Å². The summed E-state index contributed by atoms with van der Waals surface area (Å²) in [5.74, 6) is 0.930. The number of ether oxygens (including phenoxy) is 1. The minimum Gasteiger partial charge on any atom is -0.496 e. The molecule has 0 atom stereocenters. The third-order valence-corrected chi connectivity index (χ3v) is 3.04. The van der Waals surface area contributed by atoms with Crippen LogP contribution in [0.25, 0.3) is 0 Å². The normalized spacial score (nSPS) is 10.3. The number of rotatable bonds is 5. The van der Waals surface area contributed by atoms with Gasteiger partial charge in [-0.05, 0) is 23.7 Å². The highest BCUT2D eigenvalue weighted by Crippen LogP contribution is 2.16. The van der Waals surface area contributed by atoms with Gasteiger partial charge in [0.2, 0.25) is 0 Å². The molecule has 0 saturated carbocycles. The van der Waals surface area contributed by atoms with Gasteiger partial charge in [-0.3, -0.25) is 0 Å². The Hall–Kier alpha value is -1.39. The van der Waals surface area contributed by atoms with Crippen LogP contribution < -0.4 is 10.1 Å². The van der Waals surface area contributed by atoms with Gasteiger partial charge in [-0.25, -0.2) is 4.37 Å². The van der Waals surface area contributed by atoms with Crippen molar-refractivity contribution in [1.29, 1.82) is 0 Å². The SMILES string of the molecule is COc1ccccc1CNCc1ccns1. The zero-order chi connectivity index (χ0) is 11.2. The van der Waals surface area contributed by atoms with Crippen LogP contribution >= 0.6 is 11.5 Å². The van der Waals surface area contributed by atoms with Crippen molar-refractivity contribution in [2.75, 3.05) is 7.11 Å². The van der Waals surface area contributed by atoms with Crippen molar-refractivity contribution in [3.8, 4) is 5.75 Å². The molecule has 0 aliphatic heterocycles. The molecule has 0 amide bonds. The molecule has 0 spiro atoms. The van der Waals surface area contributed by atoms with E-state index >= 15 is 0 Å². The molecule has 0 aliphatic carbocycles. The third-order valence-electron chi connectivity index (χ3n) is 2.30. The first-order valence-corrected chi connectivity index (χ1v) is 5.89. The second-order valence-corrected chi connectivity index (χ2v) is 4.31. The molecular formula is C12H14N2OS. The first-order chi connectivity index (χ1) is 7.90. The van der Waals surface area contributed by atoms with Gasteiger partial charge >= 0.3 is 0 Å². The summed E-state index contributed by atoms with van der Waals surface area (Å²) in [5, 5.41) is 3.37. The lowest BCUT2D eigenvalue weighted by Gasteiger charge is -2.08. The topological polar surface area (TPSA) is 34.1 Å². The molecule has 3 nitrogen and oxygen atoms in total. The number of hydrogen-bond donors (Lipinski definition) is 1. The van der Waals surface area contributed by atoms with E-state index < -0.39 is 0 Å². The Labute approximate surface area is 99.2 Å². The Morgan fingerprint density at radius 1 is 1.25 bits per heavy atom. The zero-order valence-electron chi connectivity index (χ0n) is 9.14. The quantitative estimate of drug-likeness (QED) is 0.862. The monoisotopic (exact) mass is 234 g/mol. The van der Waals surface area contributed by atoms with Crippen LogP contribution in [0.3, 0.4) is 0 Å². The molecule has 0 saturated heterocycles. The number of aromatic nitrogens is 1. The van der Waals surface area contributed by atoms with Crippen molar-refractivity contribution in [1.82, 2.24) is 9.69 Å². The predicted octanol–water partition coefficient (Wildman–Crippen LogP) is 2.44. The Balaban J connectivity index is 1.89. The average molecular weight is 234 g/mol. The van der Waals surface area contributed by atoms with Crippen molar-refractivity contribution in [3.05, 3.63) is 47.0 Å². The molecule has 1 heterocycles. The van der Waals surface area contributed by atoms with Gasteiger partial charge in [-0.15, -0.1) is 0 Å². The molecule has 2 aromatic rings. The fourth-order valence-corrected chi connectivity index (χ4v) is 2.05. The molecule has 0 bridgehead atoms. The highest BCUT2D eigenvalue weighted by atomic mass is 32.1. The van der Waals surface area contributed by atoms with Crippen molar-refractivity contribution in [2.45, 2.75) is 13.1 Å². The lowest BCUT2D eigenvalue weighted by atomic mass is 10.2. The maximum absolute atomic E-state index is 5.28. The Morgan fingerprint density at radius 3 is 2.88 bits per heavy atom. The van der Waals surface area contributed by atoms with Gasteiger partial charge in [0.15, 0.2) is 0 Å². The summed E-state index contributed by atoms with van der Waals surface area (Å²) in [6, 6.07) is 10.1. The molecule has 1 aromatic carbocycles. The first kappa shape index (κ1) is 11.1. The van der Waals surface area contributed by atoms with Gasteiger partial charge < -0.3 is 10.1 Å². The largest absolute Gasteiger partial charge is 0.496 e. The van der Waals surface area contributed by atoms with Gasteiger partial charge in [0.1, 0.15) is 5.75 Å². The molecule has 0 radical (unpaired) electrons. The third kappa shape index (κ3) is 2.81. The van der Waals surface area contributed by atoms with Gasteiger partial charge in [-0.1, -0.05) is 18.2 Å². The molecule has 1 aromatic heterocycles. The predicted molar refractivity (Wildman–Crippen MR) is 65.7 cm³/mol. The molecule has 84 valence electrons. The highest BCUT2D eigenvalue weighted by Gasteiger charge is 2.01. The van der Waals surface area contributed by atoms with E-state index in [1.165, 1.54) is 22.0 Å². The Morgan fingerprint density at radius 2 is 2.12 bits per heavy atom. The first-order valence-electron chi connectivity index (χ1n) is 5.12. The number of benzene rings is 1. The van der Waals surface area contributed by atoms with Crippen molar-refractivity contribution in [2.24, 2.45) is 0 Å². The summed E-state index contributed by atoms with van der Waals surface area (Å²) in [7, 11) is 1.70. The van der Waals surface area contributed by atoms with E-state index in [1.807, 2.05) is 30.5 Å².